The Morgan fingerprint density at radius 2 is 2.15 bits per heavy atom. The molecular weight excluding hydrogens is 235 g/mol. The normalized spacial score (nSPS) is 11.6. The third kappa shape index (κ3) is 2.52. The van der Waals surface area contributed by atoms with Crippen LogP contribution >= 0.6 is 23.2 Å². The summed E-state index contributed by atoms with van der Waals surface area (Å²) in [5.41, 5.74) is 0.318. The lowest BCUT2D eigenvalue weighted by molar-refractivity contribution is 0.592. The van der Waals surface area contributed by atoms with Crippen molar-refractivity contribution in [2.24, 2.45) is 0 Å². The average molecular weight is 241 g/mol. The maximum atomic E-state index is 11.0. The van der Waals surface area contributed by atoms with Gasteiger partial charge in [0.05, 0.1) is 22.8 Å². The van der Waals surface area contributed by atoms with E-state index in [1.807, 2.05) is 0 Å². The zero-order chi connectivity index (χ0) is 10.1. The van der Waals surface area contributed by atoms with E-state index in [1.54, 1.807) is 0 Å². The van der Waals surface area contributed by atoms with E-state index in [2.05, 4.69) is 9.97 Å². The van der Waals surface area contributed by atoms with Gasteiger partial charge in [0.25, 0.3) is 0 Å². The first kappa shape index (κ1) is 10.7. The van der Waals surface area contributed by atoms with Gasteiger partial charge in [-0.1, -0.05) is 11.6 Å². The van der Waals surface area contributed by atoms with Gasteiger partial charge in [-0.2, -0.15) is 0 Å². The summed E-state index contributed by atoms with van der Waals surface area (Å²) >= 11 is 11.1. The molecule has 0 radical (unpaired) electrons. The monoisotopic (exact) mass is 240 g/mol. The molecule has 1 aromatic heterocycles. The fourth-order valence-corrected chi connectivity index (χ4v) is 1.61. The van der Waals surface area contributed by atoms with Crippen LogP contribution in [-0.2, 0) is 15.7 Å². The molecule has 1 aromatic rings. The van der Waals surface area contributed by atoms with E-state index in [0.717, 1.165) is 6.26 Å². The number of aromatic nitrogens is 2. The molecule has 0 aromatic carbocycles. The maximum Gasteiger partial charge on any atom is 0.247 e. The van der Waals surface area contributed by atoms with Crippen LogP contribution < -0.4 is 0 Å². The molecule has 1 heterocycles. The van der Waals surface area contributed by atoms with Gasteiger partial charge in [0, 0.05) is 6.26 Å². The molecule has 72 valence electrons. The smallest absolute Gasteiger partial charge is 0.225 e. The Kier molecular flexibility index (Phi) is 3.10. The number of rotatable bonds is 2. The molecule has 1 rings (SSSR count). The number of nitrogens with zero attached hydrogens (tertiary/aromatic N) is 2. The topological polar surface area (TPSA) is 59.9 Å². The van der Waals surface area contributed by atoms with Crippen molar-refractivity contribution in [3.63, 3.8) is 0 Å². The molecule has 7 heteroatoms. The van der Waals surface area contributed by atoms with E-state index in [1.165, 1.54) is 6.20 Å². The number of halogens is 2. The first-order valence-electron chi connectivity index (χ1n) is 3.22. The Balaban J connectivity index is 3.30. The van der Waals surface area contributed by atoms with Gasteiger partial charge in [0.2, 0.25) is 15.0 Å². The number of sulfone groups is 1. The summed E-state index contributed by atoms with van der Waals surface area (Å²) < 4.78 is 22.0. The van der Waals surface area contributed by atoms with Gasteiger partial charge in [-0.3, -0.25) is 0 Å². The quantitative estimate of drug-likeness (QED) is 0.577. The second kappa shape index (κ2) is 3.77. The van der Waals surface area contributed by atoms with Crippen molar-refractivity contribution in [3.05, 3.63) is 16.9 Å². The molecule has 0 saturated heterocycles. The molecule has 0 atom stereocenters. The number of alkyl halides is 1. The summed E-state index contributed by atoms with van der Waals surface area (Å²) in [6, 6.07) is 0. The Morgan fingerprint density at radius 3 is 2.62 bits per heavy atom. The van der Waals surface area contributed by atoms with E-state index in [9.17, 15) is 8.42 Å². The molecule has 13 heavy (non-hydrogen) atoms. The van der Waals surface area contributed by atoms with Crippen molar-refractivity contribution in [2.45, 2.75) is 11.0 Å². The minimum Gasteiger partial charge on any atom is -0.225 e. The minimum absolute atomic E-state index is 0.0594. The highest BCUT2D eigenvalue weighted by molar-refractivity contribution is 7.90. The van der Waals surface area contributed by atoms with Gasteiger partial charge in [-0.15, -0.1) is 11.6 Å². The van der Waals surface area contributed by atoms with Crippen molar-refractivity contribution in [2.75, 3.05) is 6.26 Å². The Morgan fingerprint density at radius 1 is 1.54 bits per heavy atom. The molecule has 0 fully saturated rings. The van der Waals surface area contributed by atoms with Gasteiger partial charge in [0.15, 0.2) is 0 Å². The standard InChI is InChI=1S/C6H6Cl2N2O2S/c1-13(11,12)6-9-3-4(8)5(2-7)10-6/h3H,2H2,1H3. The van der Waals surface area contributed by atoms with Crippen LogP contribution in [0.5, 0.6) is 0 Å². The van der Waals surface area contributed by atoms with E-state index in [0.29, 0.717) is 5.69 Å². The first-order valence-corrected chi connectivity index (χ1v) is 6.03. The largest absolute Gasteiger partial charge is 0.247 e. The zero-order valence-corrected chi connectivity index (χ0v) is 8.99. The van der Waals surface area contributed by atoms with Crippen LogP contribution in [0.2, 0.25) is 5.02 Å². The molecule has 0 aliphatic carbocycles. The predicted octanol–water partition coefficient (Wildman–Crippen LogP) is 1.27. The van der Waals surface area contributed by atoms with Gasteiger partial charge in [-0.05, 0) is 0 Å². The molecule has 0 N–H and O–H groups in total. The molecule has 0 aliphatic heterocycles. The fourth-order valence-electron chi connectivity index (χ4n) is 0.656. The summed E-state index contributed by atoms with van der Waals surface area (Å²) in [6.45, 7) is 0. The molecule has 4 nitrogen and oxygen atoms in total. The lowest BCUT2D eigenvalue weighted by Gasteiger charge is -2.00. The Hall–Kier alpha value is -0.390. The van der Waals surface area contributed by atoms with Gasteiger partial charge < -0.3 is 0 Å². The van der Waals surface area contributed by atoms with Crippen molar-refractivity contribution >= 4 is 33.0 Å². The zero-order valence-electron chi connectivity index (χ0n) is 6.66. The van der Waals surface area contributed by atoms with Crippen LogP contribution in [0, 0.1) is 0 Å². The Labute approximate surface area is 85.8 Å². The average Bonchev–Trinajstić information content (AvgIpc) is 2.03. The van der Waals surface area contributed by atoms with Gasteiger partial charge >= 0.3 is 0 Å². The summed E-state index contributed by atoms with van der Waals surface area (Å²) in [4.78, 5) is 7.27. The molecule has 0 unspecified atom stereocenters. The SMILES string of the molecule is CS(=O)(=O)c1ncc(Cl)c(CCl)n1. The highest BCUT2D eigenvalue weighted by atomic mass is 35.5. The lowest BCUT2D eigenvalue weighted by atomic mass is 10.5. The van der Waals surface area contributed by atoms with E-state index in [-0.39, 0.29) is 16.1 Å². The van der Waals surface area contributed by atoms with Crippen LogP contribution in [0.15, 0.2) is 11.4 Å². The summed E-state index contributed by atoms with van der Waals surface area (Å²) in [7, 11) is -3.39. The van der Waals surface area contributed by atoms with E-state index < -0.39 is 9.84 Å². The third-order valence-electron chi connectivity index (χ3n) is 1.25. The van der Waals surface area contributed by atoms with Crippen LogP contribution in [0.4, 0.5) is 0 Å². The second-order valence-corrected chi connectivity index (χ2v) is 4.94. The van der Waals surface area contributed by atoms with E-state index in [4.69, 9.17) is 23.2 Å². The van der Waals surface area contributed by atoms with Crippen LogP contribution in [-0.4, -0.2) is 24.6 Å². The summed E-state index contributed by atoms with van der Waals surface area (Å²) in [5.74, 6) is 0.0594. The van der Waals surface area contributed by atoms with Crippen molar-refractivity contribution in [1.82, 2.24) is 9.97 Å². The Bertz CT molecular complexity index is 419. The molecule has 0 bridgehead atoms. The van der Waals surface area contributed by atoms with Crippen molar-refractivity contribution in [3.8, 4) is 0 Å². The van der Waals surface area contributed by atoms with Crippen molar-refractivity contribution in [1.29, 1.82) is 0 Å². The van der Waals surface area contributed by atoms with Gasteiger partial charge in [-0.25, -0.2) is 18.4 Å². The maximum absolute atomic E-state index is 11.0. The highest BCUT2D eigenvalue weighted by Gasteiger charge is 2.13. The second-order valence-electron chi connectivity index (χ2n) is 2.35. The predicted molar refractivity (Wildman–Crippen MR) is 49.7 cm³/mol. The molecule has 0 saturated carbocycles. The first-order chi connectivity index (χ1) is 5.95. The van der Waals surface area contributed by atoms with Crippen LogP contribution in [0.3, 0.4) is 0 Å². The molecule has 0 spiro atoms. The minimum atomic E-state index is -3.39. The van der Waals surface area contributed by atoms with Gasteiger partial charge in [0.1, 0.15) is 0 Å². The third-order valence-corrected chi connectivity index (χ3v) is 2.68. The summed E-state index contributed by atoms with van der Waals surface area (Å²) in [5, 5.41) is 0.00921. The number of hydrogen-bond donors (Lipinski definition) is 0. The molecule has 0 aliphatic rings. The summed E-state index contributed by atoms with van der Waals surface area (Å²) in [6.07, 6.45) is 2.25. The van der Waals surface area contributed by atoms with E-state index >= 15 is 0 Å². The lowest BCUT2D eigenvalue weighted by Crippen LogP contribution is -2.05. The molecular formula is C6H6Cl2N2O2S. The fraction of sp³-hybridized carbons (Fsp3) is 0.333. The molecule has 0 amide bonds. The highest BCUT2D eigenvalue weighted by Crippen LogP contribution is 2.15. The van der Waals surface area contributed by atoms with Crippen LogP contribution in [0.1, 0.15) is 5.69 Å². The number of hydrogen-bond acceptors (Lipinski definition) is 4. The van der Waals surface area contributed by atoms with Crippen LogP contribution in [0.25, 0.3) is 0 Å². The van der Waals surface area contributed by atoms with Crippen molar-refractivity contribution < 1.29 is 8.42 Å².